The van der Waals surface area contributed by atoms with Crippen molar-refractivity contribution in [1.82, 2.24) is 0 Å². The van der Waals surface area contributed by atoms with Crippen LogP contribution < -0.4 is 0 Å². The van der Waals surface area contributed by atoms with Gasteiger partial charge in [-0.15, -0.1) is 0 Å². The molecule has 1 aliphatic carbocycles. The third-order valence-electron chi connectivity index (χ3n) is 4.56. The zero-order valence-electron chi connectivity index (χ0n) is 11.5. The second-order valence-electron chi connectivity index (χ2n) is 5.71. The van der Waals surface area contributed by atoms with Crippen LogP contribution >= 0.6 is 0 Å². The molecule has 2 rings (SSSR count). The highest BCUT2D eigenvalue weighted by Gasteiger charge is 2.29. The molecule has 1 heteroatoms. The molecule has 1 aromatic rings. The molecule has 1 N–H and O–H groups in total. The lowest BCUT2D eigenvalue weighted by Crippen LogP contribution is -2.30. The van der Waals surface area contributed by atoms with E-state index >= 15 is 0 Å². The van der Waals surface area contributed by atoms with Gasteiger partial charge in [-0.25, -0.2) is 0 Å². The molecular formula is C17H26O. The molecule has 18 heavy (non-hydrogen) atoms. The summed E-state index contributed by atoms with van der Waals surface area (Å²) in [5.74, 6) is 1.30. The van der Waals surface area contributed by atoms with Crippen LogP contribution in [0.3, 0.4) is 0 Å². The third-order valence-corrected chi connectivity index (χ3v) is 4.56. The quantitative estimate of drug-likeness (QED) is 0.825. The Morgan fingerprint density at radius 2 is 1.89 bits per heavy atom. The number of aryl methyl sites for hydroxylation is 1. The van der Waals surface area contributed by atoms with E-state index in [-0.39, 0.29) is 6.10 Å². The van der Waals surface area contributed by atoms with E-state index < -0.39 is 0 Å². The summed E-state index contributed by atoms with van der Waals surface area (Å²) in [5.41, 5.74) is 1.35. The van der Waals surface area contributed by atoms with Crippen molar-refractivity contribution in [3.8, 4) is 0 Å². The Bertz CT molecular complexity index is 333. The fourth-order valence-corrected chi connectivity index (χ4v) is 3.42. The van der Waals surface area contributed by atoms with Crippen LogP contribution in [-0.4, -0.2) is 11.2 Å². The van der Waals surface area contributed by atoms with Crippen molar-refractivity contribution < 1.29 is 5.11 Å². The van der Waals surface area contributed by atoms with Crippen LogP contribution in [0.4, 0.5) is 0 Å². The number of aliphatic hydroxyl groups is 1. The second kappa shape index (κ2) is 6.94. The number of rotatable bonds is 5. The zero-order chi connectivity index (χ0) is 12.8. The SMILES string of the molecule is CCC1CCCCC1C(O)CCc1ccccc1. The molecule has 1 saturated carbocycles. The molecule has 1 nitrogen and oxygen atoms in total. The molecule has 3 unspecified atom stereocenters. The maximum Gasteiger partial charge on any atom is 0.0574 e. The molecule has 3 atom stereocenters. The zero-order valence-corrected chi connectivity index (χ0v) is 11.5. The van der Waals surface area contributed by atoms with Crippen molar-refractivity contribution >= 4 is 0 Å². The first-order valence-electron chi connectivity index (χ1n) is 7.53. The molecule has 100 valence electrons. The van der Waals surface area contributed by atoms with E-state index in [9.17, 15) is 5.11 Å². The third kappa shape index (κ3) is 3.58. The number of benzene rings is 1. The van der Waals surface area contributed by atoms with Crippen LogP contribution in [0.25, 0.3) is 0 Å². The summed E-state index contributed by atoms with van der Waals surface area (Å²) in [6.07, 6.45) is 8.28. The predicted octanol–water partition coefficient (Wildman–Crippen LogP) is 4.20. The average Bonchev–Trinajstić information content (AvgIpc) is 2.45. The minimum Gasteiger partial charge on any atom is -0.393 e. The van der Waals surface area contributed by atoms with E-state index in [4.69, 9.17) is 0 Å². The molecule has 1 aliphatic rings. The molecule has 0 heterocycles. The highest BCUT2D eigenvalue weighted by molar-refractivity contribution is 5.14. The van der Waals surface area contributed by atoms with Crippen LogP contribution in [-0.2, 0) is 6.42 Å². The van der Waals surface area contributed by atoms with Gasteiger partial charge in [0.1, 0.15) is 0 Å². The Kier molecular flexibility index (Phi) is 5.25. The van der Waals surface area contributed by atoms with E-state index in [1.54, 1.807) is 0 Å². The summed E-state index contributed by atoms with van der Waals surface area (Å²) in [4.78, 5) is 0. The van der Waals surface area contributed by atoms with E-state index in [1.165, 1.54) is 37.7 Å². The predicted molar refractivity (Wildman–Crippen MR) is 76.5 cm³/mol. The Labute approximate surface area is 111 Å². The lowest BCUT2D eigenvalue weighted by Gasteiger charge is -2.34. The second-order valence-corrected chi connectivity index (χ2v) is 5.71. The summed E-state index contributed by atoms with van der Waals surface area (Å²) in [6, 6.07) is 10.5. The van der Waals surface area contributed by atoms with Gasteiger partial charge < -0.3 is 5.11 Å². The van der Waals surface area contributed by atoms with Gasteiger partial charge >= 0.3 is 0 Å². The lowest BCUT2D eigenvalue weighted by atomic mass is 9.74. The van der Waals surface area contributed by atoms with Crippen molar-refractivity contribution in [3.63, 3.8) is 0 Å². The van der Waals surface area contributed by atoms with Gasteiger partial charge in [-0.3, -0.25) is 0 Å². The van der Waals surface area contributed by atoms with E-state index in [1.807, 2.05) is 6.07 Å². The van der Waals surface area contributed by atoms with Gasteiger partial charge in [0.25, 0.3) is 0 Å². The van der Waals surface area contributed by atoms with Crippen molar-refractivity contribution in [2.45, 2.75) is 58.0 Å². The van der Waals surface area contributed by atoms with Gasteiger partial charge in [0, 0.05) is 0 Å². The Morgan fingerprint density at radius 1 is 1.17 bits per heavy atom. The normalized spacial score (nSPS) is 25.9. The van der Waals surface area contributed by atoms with Gasteiger partial charge in [0.15, 0.2) is 0 Å². The van der Waals surface area contributed by atoms with Gasteiger partial charge in [0.05, 0.1) is 6.10 Å². The van der Waals surface area contributed by atoms with Crippen molar-refractivity contribution in [2.24, 2.45) is 11.8 Å². The highest BCUT2D eigenvalue weighted by atomic mass is 16.3. The smallest absolute Gasteiger partial charge is 0.0574 e. The molecule has 1 fully saturated rings. The first-order valence-corrected chi connectivity index (χ1v) is 7.53. The molecule has 0 saturated heterocycles. The molecule has 0 aliphatic heterocycles. The van der Waals surface area contributed by atoms with E-state index in [0.717, 1.165) is 18.8 Å². The van der Waals surface area contributed by atoms with Gasteiger partial charge in [0.2, 0.25) is 0 Å². The maximum atomic E-state index is 10.4. The maximum absolute atomic E-state index is 10.4. The van der Waals surface area contributed by atoms with Gasteiger partial charge in [-0.2, -0.15) is 0 Å². The number of hydrogen-bond acceptors (Lipinski definition) is 1. The molecule has 0 radical (unpaired) electrons. The molecule has 0 spiro atoms. The van der Waals surface area contributed by atoms with Crippen LogP contribution in [0.5, 0.6) is 0 Å². The first-order chi connectivity index (χ1) is 8.81. The number of hydrogen-bond donors (Lipinski definition) is 1. The van der Waals surface area contributed by atoms with Crippen molar-refractivity contribution in [2.75, 3.05) is 0 Å². The molecule has 0 bridgehead atoms. The van der Waals surface area contributed by atoms with Crippen molar-refractivity contribution in [1.29, 1.82) is 0 Å². The largest absolute Gasteiger partial charge is 0.393 e. The Morgan fingerprint density at radius 3 is 2.61 bits per heavy atom. The Balaban J connectivity index is 1.85. The van der Waals surface area contributed by atoms with E-state index in [2.05, 4.69) is 31.2 Å². The fourth-order valence-electron chi connectivity index (χ4n) is 3.42. The molecular weight excluding hydrogens is 220 g/mol. The first kappa shape index (κ1) is 13.6. The molecule has 1 aromatic carbocycles. The standard InChI is InChI=1S/C17H26O/c1-2-15-10-6-7-11-16(15)17(18)13-12-14-8-4-3-5-9-14/h3-5,8-9,15-18H,2,6-7,10-13H2,1H3. The van der Waals surface area contributed by atoms with Gasteiger partial charge in [-0.05, 0) is 36.7 Å². The summed E-state index contributed by atoms with van der Waals surface area (Å²) in [7, 11) is 0. The monoisotopic (exact) mass is 246 g/mol. The van der Waals surface area contributed by atoms with Gasteiger partial charge in [-0.1, -0.05) is 62.9 Å². The minimum atomic E-state index is -0.101. The molecule has 0 aromatic heterocycles. The van der Waals surface area contributed by atoms with Crippen LogP contribution in [0.15, 0.2) is 30.3 Å². The average molecular weight is 246 g/mol. The highest BCUT2D eigenvalue weighted by Crippen LogP contribution is 2.35. The number of aliphatic hydroxyl groups excluding tert-OH is 1. The summed E-state index contributed by atoms with van der Waals surface area (Å²) >= 11 is 0. The van der Waals surface area contributed by atoms with Crippen LogP contribution in [0.1, 0.15) is 51.0 Å². The summed E-state index contributed by atoms with van der Waals surface area (Å²) in [5, 5.41) is 10.4. The van der Waals surface area contributed by atoms with Crippen LogP contribution in [0.2, 0.25) is 0 Å². The van der Waals surface area contributed by atoms with E-state index in [0.29, 0.717) is 5.92 Å². The minimum absolute atomic E-state index is 0.101. The summed E-state index contributed by atoms with van der Waals surface area (Å²) < 4.78 is 0. The molecule has 0 amide bonds. The summed E-state index contributed by atoms with van der Waals surface area (Å²) in [6.45, 7) is 2.27. The van der Waals surface area contributed by atoms with Crippen molar-refractivity contribution in [3.05, 3.63) is 35.9 Å². The topological polar surface area (TPSA) is 20.2 Å². The Hall–Kier alpha value is -0.820. The van der Waals surface area contributed by atoms with Crippen LogP contribution in [0, 0.1) is 11.8 Å². The lowest BCUT2D eigenvalue weighted by molar-refractivity contribution is 0.0403. The fraction of sp³-hybridized carbons (Fsp3) is 0.647.